The average molecular weight is 739 g/mol. The van der Waals surface area contributed by atoms with Crippen molar-refractivity contribution in [2.24, 2.45) is 7.05 Å². The van der Waals surface area contributed by atoms with E-state index in [1.807, 2.05) is 68.3 Å². The molecule has 3 aromatic carbocycles. The van der Waals surface area contributed by atoms with Crippen molar-refractivity contribution in [1.29, 1.82) is 0 Å². The number of benzene rings is 3. The second-order valence-electron chi connectivity index (χ2n) is 13.4. The number of carbonyl (C=O) groups is 2. The lowest BCUT2D eigenvalue weighted by atomic mass is 9.82. The van der Waals surface area contributed by atoms with Crippen LogP contribution in [0.3, 0.4) is 0 Å². The van der Waals surface area contributed by atoms with Crippen LogP contribution in [-0.4, -0.2) is 83.5 Å². The van der Waals surface area contributed by atoms with Crippen LogP contribution in [0.1, 0.15) is 36.7 Å². The van der Waals surface area contributed by atoms with Gasteiger partial charge in [-0.2, -0.15) is 0 Å². The minimum Gasteiger partial charge on any atom is -0.457 e. The van der Waals surface area contributed by atoms with Crippen LogP contribution >= 0.6 is 23.2 Å². The van der Waals surface area contributed by atoms with Gasteiger partial charge in [0.2, 0.25) is 11.8 Å². The Balaban J connectivity index is 1.19. The van der Waals surface area contributed by atoms with Crippen molar-refractivity contribution in [2.45, 2.75) is 50.9 Å². The molecule has 1 fully saturated rings. The molecule has 0 bridgehead atoms. The van der Waals surface area contributed by atoms with E-state index >= 15 is 4.39 Å². The maximum Gasteiger partial charge on any atom is 0.242 e. The van der Waals surface area contributed by atoms with E-state index in [2.05, 4.69) is 25.8 Å². The van der Waals surface area contributed by atoms with E-state index in [0.717, 1.165) is 48.6 Å². The van der Waals surface area contributed by atoms with E-state index in [4.69, 9.17) is 27.9 Å². The van der Waals surface area contributed by atoms with Gasteiger partial charge in [-0.15, -0.1) is 0 Å². The number of piperidine rings is 1. The highest BCUT2D eigenvalue weighted by Crippen LogP contribution is 2.33. The van der Waals surface area contributed by atoms with Gasteiger partial charge in [-0.1, -0.05) is 35.3 Å². The van der Waals surface area contributed by atoms with E-state index in [-0.39, 0.29) is 41.2 Å². The molecule has 4 aromatic rings. The molecule has 2 atom stereocenters. The summed E-state index contributed by atoms with van der Waals surface area (Å²) in [6.07, 6.45) is 4.26. The zero-order chi connectivity index (χ0) is 36.7. The van der Waals surface area contributed by atoms with Gasteiger partial charge in [-0.3, -0.25) is 9.59 Å². The first-order valence-corrected chi connectivity index (χ1v) is 17.8. The molecule has 1 aliphatic rings. The zero-order valence-corrected chi connectivity index (χ0v) is 31.2. The number of amides is 2. The summed E-state index contributed by atoms with van der Waals surface area (Å²) >= 11 is 12.3. The van der Waals surface area contributed by atoms with Crippen LogP contribution in [0.25, 0.3) is 11.3 Å². The fraction of sp³-hybridized carbons (Fsp3) is 0.395. The van der Waals surface area contributed by atoms with Crippen LogP contribution in [0.2, 0.25) is 10.0 Å². The molecule has 1 saturated heterocycles. The van der Waals surface area contributed by atoms with Gasteiger partial charge in [-0.05, 0) is 101 Å². The van der Waals surface area contributed by atoms with Gasteiger partial charge in [0, 0.05) is 48.4 Å². The molecule has 0 spiro atoms. The number of nitrogens with one attached hydrogen (secondary N) is 3. The molecule has 1 aliphatic heterocycles. The third-order valence-corrected chi connectivity index (χ3v) is 9.88. The molecule has 2 heterocycles. The summed E-state index contributed by atoms with van der Waals surface area (Å²) in [6.45, 7) is 3.73. The van der Waals surface area contributed by atoms with E-state index < -0.39 is 17.4 Å². The Morgan fingerprint density at radius 1 is 1.08 bits per heavy atom. The minimum atomic E-state index is -0.735. The number of ether oxygens (including phenoxy) is 1. The Labute approximate surface area is 309 Å². The zero-order valence-electron chi connectivity index (χ0n) is 29.7. The summed E-state index contributed by atoms with van der Waals surface area (Å²) in [5.74, 6) is 0.511. The molecule has 5 rings (SSSR count). The highest BCUT2D eigenvalue weighted by Gasteiger charge is 2.38. The molecule has 10 nitrogen and oxygen atoms in total. The summed E-state index contributed by atoms with van der Waals surface area (Å²) in [6, 6.07) is 17.1. The quantitative estimate of drug-likeness (QED) is 0.150. The minimum absolute atomic E-state index is 0.0155. The second kappa shape index (κ2) is 17.0. The van der Waals surface area contributed by atoms with Gasteiger partial charge < -0.3 is 35.1 Å². The van der Waals surface area contributed by atoms with Crippen molar-refractivity contribution in [3.05, 3.63) is 99.7 Å². The van der Waals surface area contributed by atoms with Gasteiger partial charge in [0.15, 0.2) is 0 Å². The number of aromatic nitrogens is 2. The average Bonchev–Trinajstić information content (AvgIpc) is 3.46. The van der Waals surface area contributed by atoms with Gasteiger partial charge in [0.25, 0.3) is 0 Å². The van der Waals surface area contributed by atoms with Crippen LogP contribution < -0.4 is 20.7 Å². The van der Waals surface area contributed by atoms with E-state index in [9.17, 15) is 9.59 Å². The molecule has 0 unspecified atom stereocenters. The molecule has 2 amide bonds. The fourth-order valence-corrected chi connectivity index (χ4v) is 6.67. The lowest BCUT2D eigenvalue weighted by Crippen LogP contribution is -2.61. The predicted octanol–water partition coefficient (Wildman–Crippen LogP) is 5.80. The number of carbonyl (C=O) groups excluding carboxylic acids is 2. The smallest absolute Gasteiger partial charge is 0.242 e. The van der Waals surface area contributed by atoms with Crippen molar-refractivity contribution in [2.75, 3.05) is 40.8 Å². The maximum atomic E-state index is 15.2. The molecule has 272 valence electrons. The standard InChI is InChI=1S/C38H46Cl2FN7O3/c1-25(37(50)45-22-36(49)48(5)38(15-6-16-42-24-38)19-26-7-11-28(39)12-8-26)43-20-31-32(41)17-29(40)18-34(31)51-30-13-9-27(10-14-30)33-21-44-35(47(33)4)23-46(2)3/h7-14,17-18,21,25,42-43H,6,15-16,19-20,22-24H2,1-5H3,(H,45,50)/t25-,38+/m0/s1. The first-order valence-electron chi connectivity index (χ1n) is 17.0. The van der Waals surface area contributed by atoms with E-state index in [1.54, 1.807) is 37.1 Å². The van der Waals surface area contributed by atoms with Gasteiger partial charge in [-0.25, -0.2) is 9.37 Å². The van der Waals surface area contributed by atoms with Crippen molar-refractivity contribution < 1.29 is 18.7 Å². The number of nitrogens with zero attached hydrogens (tertiary/aromatic N) is 4. The molecule has 13 heteroatoms. The van der Waals surface area contributed by atoms with Gasteiger partial charge in [0.05, 0.1) is 36.6 Å². The molecule has 3 N–H and O–H groups in total. The third-order valence-electron chi connectivity index (χ3n) is 9.41. The van der Waals surface area contributed by atoms with Gasteiger partial charge >= 0.3 is 0 Å². The predicted molar refractivity (Wildman–Crippen MR) is 200 cm³/mol. The van der Waals surface area contributed by atoms with Crippen molar-refractivity contribution in [3.63, 3.8) is 0 Å². The number of imidazole rings is 1. The topological polar surface area (TPSA) is 104 Å². The molecule has 1 aromatic heterocycles. The fourth-order valence-electron chi connectivity index (χ4n) is 6.35. The Hall–Kier alpha value is -4.00. The monoisotopic (exact) mass is 737 g/mol. The highest BCUT2D eigenvalue weighted by molar-refractivity contribution is 6.31. The van der Waals surface area contributed by atoms with Gasteiger partial charge in [0.1, 0.15) is 23.1 Å². The van der Waals surface area contributed by atoms with Crippen LogP contribution in [0, 0.1) is 5.82 Å². The normalized spacial score (nSPS) is 16.6. The first kappa shape index (κ1) is 38.2. The summed E-state index contributed by atoms with van der Waals surface area (Å²) in [5.41, 5.74) is 2.78. The third kappa shape index (κ3) is 9.66. The molecule has 51 heavy (non-hydrogen) atoms. The Morgan fingerprint density at radius 2 is 1.80 bits per heavy atom. The lowest BCUT2D eigenvalue weighted by molar-refractivity contribution is -0.137. The Bertz CT molecular complexity index is 1810. The first-order chi connectivity index (χ1) is 24.3. The number of hydrogen-bond acceptors (Lipinski definition) is 7. The maximum absolute atomic E-state index is 15.2. The highest BCUT2D eigenvalue weighted by atomic mass is 35.5. The summed E-state index contributed by atoms with van der Waals surface area (Å²) in [7, 11) is 7.76. The second-order valence-corrected chi connectivity index (χ2v) is 14.3. The molecular weight excluding hydrogens is 692 g/mol. The number of likely N-dealkylation sites (N-methyl/N-ethyl adjacent to an activating group) is 1. The largest absolute Gasteiger partial charge is 0.457 e. The van der Waals surface area contributed by atoms with Crippen LogP contribution in [0.4, 0.5) is 4.39 Å². The Kier molecular flexibility index (Phi) is 12.8. The van der Waals surface area contributed by atoms with Crippen molar-refractivity contribution in [3.8, 4) is 22.8 Å². The number of rotatable bonds is 14. The van der Waals surface area contributed by atoms with Crippen LogP contribution in [-0.2, 0) is 36.1 Å². The van der Waals surface area contributed by atoms with Crippen LogP contribution in [0.5, 0.6) is 11.5 Å². The van der Waals surface area contributed by atoms with Crippen molar-refractivity contribution >= 4 is 35.0 Å². The van der Waals surface area contributed by atoms with Crippen LogP contribution in [0.15, 0.2) is 66.9 Å². The molecule has 0 radical (unpaired) electrons. The molecule has 0 aliphatic carbocycles. The van der Waals surface area contributed by atoms with E-state index in [1.165, 1.54) is 6.07 Å². The number of hydrogen-bond donors (Lipinski definition) is 3. The summed E-state index contributed by atoms with van der Waals surface area (Å²) < 4.78 is 23.4. The molecular formula is C38H46Cl2FN7O3. The lowest BCUT2D eigenvalue weighted by Gasteiger charge is -2.45. The SMILES string of the molecule is C[C@H](NCc1c(F)cc(Cl)cc1Oc1ccc(-c2cnc(CN(C)C)n2C)cc1)C(=O)NCC(=O)N(C)[C@@]1(Cc2ccc(Cl)cc2)CCCNC1. The van der Waals surface area contributed by atoms with Crippen molar-refractivity contribution in [1.82, 2.24) is 35.3 Å². The summed E-state index contributed by atoms with van der Waals surface area (Å²) in [5, 5.41) is 10.1. The van der Waals surface area contributed by atoms with E-state index in [0.29, 0.717) is 23.7 Å². The number of halogens is 3. The molecule has 0 saturated carbocycles. The summed E-state index contributed by atoms with van der Waals surface area (Å²) in [4.78, 5) is 34.8. The Morgan fingerprint density at radius 3 is 2.47 bits per heavy atom.